The molecule has 0 saturated carbocycles. The molecule has 140 valence electrons. The van der Waals surface area contributed by atoms with Gasteiger partial charge in [0.2, 0.25) is 0 Å². The van der Waals surface area contributed by atoms with Crippen LogP contribution in [0, 0.1) is 0 Å². The number of carbonyl (C=O) groups is 1. The Kier molecular flexibility index (Phi) is 6.76. The Morgan fingerprint density at radius 2 is 1.64 bits per heavy atom. The molecule has 0 spiro atoms. The number of allylic oxidation sites excluding steroid dienone is 1. The molecule has 0 aliphatic carbocycles. The Balaban J connectivity index is 1.83. The molecule has 0 aromatic heterocycles. The third-order valence-corrected chi connectivity index (χ3v) is 4.61. The maximum Gasteiger partial charge on any atom is 0.271 e. The van der Waals surface area contributed by atoms with Gasteiger partial charge in [0.15, 0.2) is 0 Å². The van der Waals surface area contributed by atoms with Gasteiger partial charge in [-0.1, -0.05) is 66.7 Å². The first-order valence-corrected chi connectivity index (χ1v) is 9.47. The van der Waals surface area contributed by atoms with Crippen LogP contribution in [0.25, 0.3) is 6.08 Å². The Morgan fingerprint density at radius 1 is 0.964 bits per heavy atom. The van der Waals surface area contributed by atoms with Gasteiger partial charge in [0.1, 0.15) is 5.75 Å². The van der Waals surface area contributed by atoms with Gasteiger partial charge in [-0.15, -0.1) is 0 Å². The van der Waals surface area contributed by atoms with Crippen molar-refractivity contribution in [1.82, 2.24) is 5.43 Å². The molecular weight excluding hydrogens is 416 g/mol. The van der Waals surface area contributed by atoms with Crippen LogP contribution in [-0.4, -0.2) is 18.7 Å². The van der Waals surface area contributed by atoms with Gasteiger partial charge in [-0.3, -0.25) is 4.79 Å². The van der Waals surface area contributed by atoms with Crippen molar-refractivity contribution in [3.63, 3.8) is 0 Å². The summed E-state index contributed by atoms with van der Waals surface area (Å²) in [7, 11) is 1.58. The molecule has 0 aliphatic rings. The van der Waals surface area contributed by atoms with Crippen LogP contribution in [-0.2, 0) is 0 Å². The molecule has 0 aliphatic heterocycles. The van der Waals surface area contributed by atoms with E-state index < -0.39 is 0 Å². The standard InChI is InChI=1S/C23H19BrN2O2/c1-28-22-15-13-19(16-20(22)24)23(27)26-25-21(18-10-6-3-7-11-18)14-12-17-8-4-2-5-9-17/h2-16H,1H3,(H,26,27)/b14-12+,25-21-. The van der Waals surface area contributed by atoms with Crippen molar-refractivity contribution in [2.45, 2.75) is 0 Å². The highest BCUT2D eigenvalue weighted by atomic mass is 79.9. The van der Waals surface area contributed by atoms with Crippen molar-refractivity contribution in [3.05, 3.63) is 106 Å². The van der Waals surface area contributed by atoms with Gasteiger partial charge < -0.3 is 4.74 Å². The summed E-state index contributed by atoms with van der Waals surface area (Å²) < 4.78 is 5.90. The summed E-state index contributed by atoms with van der Waals surface area (Å²) in [4.78, 5) is 12.5. The summed E-state index contributed by atoms with van der Waals surface area (Å²) in [5.41, 5.74) is 5.74. The maximum atomic E-state index is 12.5. The number of hydrogen-bond donors (Lipinski definition) is 1. The van der Waals surface area contributed by atoms with E-state index in [0.717, 1.165) is 11.1 Å². The number of hydrogen-bond acceptors (Lipinski definition) is 3. The highest BCUT2D eigenvalue weighted by molar-refractivity contribution is 9.10. The van der Waals surface area contributed by atoms with Gasteiger partial charge in [-0.25, -0.2) is 5.43 Å². The van der Waals surface area contributed by atoms with E-state index >= 15 is 0 Å². The molecule has 3 aromatic carbocycles. The highest BCUT2D eigenvalue weighted by Crippen LogP contribution is 2.25. The minimum absolute atomic E-state index is 0.301. The van der Waals surface area contributed by atoms with Crippen LogP contribution in [0.2, 0.25) is 0 Å². The largest absolute Gasteiger partial charge is 0.496 e. The van der Waals surface area contributed by atoms with Crippen molar-refractivity contribution in [2.24, 2.45) is 5.10 Å². The van der Waals surface area contributed by atoms with Gasteiger partial charge in [0.25, 0.3) is 5.91 Å². The zero-order valence-corrected chi connectivity index (χ0v) is 16.9. The Bertz CT molecular complexity index is 1000. The van der Waals surface area contributed by atoms with Gasteiger partial charge in [-0.05, 0) is 45.8 Å². The first-order valence-electron chi connectivity index (χ1n) is 8.67. The SMILES string of the molecule is COc1ccc(C(=O)N/N=C(/C=C/c2ccccc2)c2ccccc2)cc1Br. The molecule has 0 atom stereocenters. The highest BCUT2D eigenvalue weighted by Gasteiger charge is 2.09. The quantitative estimate of drug-likeness (QED) is 0.422. The number of benzene rings is 3. The second-order valence-corrected chi connectivity index (χ2v) is 6.75. The predicted molar refractivity (Wildman–Crippen MR) is 117 cm³/mol. The van der Waals surface area contributed by atoms with Gasteiger partial charge in [-0.2, -0.15) is 5.10 Å². The Hall–Kier alpha value is -3.18. The molecule has 0 unspecified atom stereocenters. The fourth-order valence-electron chi connectivity index (χ4n) is 2.53. The molecule has 3 aromatic rings. The van der Waals surface area contributed by atoms with Crippen LogP contribution in [0.4, 0.5) is 0 Å². The molecule has 4 nitrogen and oxygen atoms in total. The number of amides is 1. The molecule has 3 rings (SSSR count). The zero-order valence-electron chi connectivity index (χ0n) is 15.3. The number of nitrogens with zero attached hydrogens (tertiary/aromatic N) is 1. The molecule has 0 saturated heterocycles. The average Bonchev–Trinajstić information content (AvgIpc) is 2.75. The lowest BCUT2D eigenvalue weighted by Gasteiger charge is -2.07. The second kappa shape index (κ2) is 9.67. The summed E-state index contributed by atoms with van der Waals surface area (Å²) >= 11 is 3.39. The summed E-state index contributed by atoms with van der Waals surface area (Å²) in [5.74, 6) is 0.362. The number of nitrogens with one attached hydrogen (secondary N) is 1. The smallest absolute Gasteiger partial charge is 0.271 e. The maximum absolute atomic E-state index is 12.5. The molecule has 1 N–H and O–H groups in total. The van der Waals surface area contributed by atoms with E-state index in [2.05, 4.69) is 26.5 Å². The molecular formula is C23H19BrN2O2. The van der Waals surface area contributed by atoms with Crippen molar-refractivity contribution < 1.29 is 9.53 Å². The van der Waals surface area contributed by atoms with Gasteiger partial charge in [0, 0.05) is 11.1 Å². The number of carbonyl (C=O) groups excluding carboxylic acids is 1. The van der Waals surface area contributed by atoms with E-state index in [1.807, 2.05) is 72.8 Å². The fraction of sp³-hybridized carbons (Fsp3) is 0.0435. The summed E-state index contributed by atoms with van der Waals surface area (Å²) in [5, 5.41) is 4.34. The monoisotopic (exact) mass is 434 g/mol. The molecule has 28 heavy (non-hydrogen) atoms. The Labute approximate surface area is 172 Å². The van der Waals surface area contributed by atoms with Crippen LogP contribution < -0.4 is 10.2 Å². The van der Waals surface area contributed by atoms with Crippen LogP contribution in [0.3, 0.4) is 0 Å². The molecule has 0 radical (unpaired) electrons. The summed E-state index contributed by atoms with van der Waals surface area (Å²) in [6, 6.07) is 24.8. The predicted octanol–water partition coefficient (Wildman–Crippen LogP) is 5.31. The minimum atomic E-state index is -0.301. The number of methoxy groups -OCH3 is 1. The van der Waals surface area contributed by atoms with Crippen molar-refractivity contribution in [2.75, 3.05) is 7.11 Å². The Morgan fingerprint density at radius 3 is 2.29 bits per heavy atom. The van der Waals surface area contributed by atoms with Gasteiger partial charge >= 0.3 is 0 Å². The average molecular weight is 435 g/mol. The van der Waals surface area contributed by atoms with Crippen molar-refractivity contribution in [3.8, 4) is 5.75 Å². The molecule has 0 fully saturated rings. The van der Waals surface area contributed by atoms with Crippen LogP contribution in [0.15, 0.2) is 94.5 Å². The normalized spacial score (nSPS) is 11.4. The number of hydrazone groups is 1. The number of halogens is 1. The third-order valence-electron chi connectivity index (χ3n) is 3.99. The van der Waals surface area contributed by atoms with E-state index in [0.29, 0.717) is 21.5 Å². The first kappa shape index (κ1) is 19.6. The number of ether oxygens (including phenoxy) is 1. The van der Waals surface area contributed by atoms with Gasteiger partial charge in [0.05, 0.1) is 17.3 Å². The third kappa shape index (κ3) is 5.18. The second-order valence-electron chi connectivity index (χ2n) is 5.90. The summed E-state index contributed by atoms with van der Waals surface area (Å²) in [6.45, 7) is 0. The van der Waals surface area contributed by atoms with Crippen LogP contribution in [0.1, 0.15) is 21.5 Å². The topological polar surface area (TPSA) is 50.7 Å². The van der Waals surface area contributed by atoms with E-state index in [-0.39, 0.29) is 5.91 Å². The van der Waals surface area contributed by atoms with Crippen LogP contribution in [0.5, 0.6) is 5.75 Å². The molecule has 0 heterocycles. The molecule has 5 heteroatoms. The van der Waals surface area contributed by atoms with E-state index in [1.165, 1.54) is 0 Å². The van der Waals surface area contributed by atoms with Crippen molar-refractivity contribution >= 4 is 33.6 Å². The lowest BCUT2D eigenvalue weighted by atomic mass is 10.1. The summed E-state index contributed by atoms with van der Waals surface area (Å²) in [6.07, 6.45) is 3.84. The fourth-order valence-corrected chi connectivity index (χ4v) is 3.07. The first-order chi connectivity index (χ1) is 13.7. The van der Waals surface area contributed by atoms with E-state index in [4.69, 9.17) is 4.74 Å². The minimum Gasteiger partial charge on any atom is -0.496 e. The van der Waals surface area contributed by atoms with Crippen LogP contribution >= 0.6 is 15.9 Å². The lowest BCUT2D eigenvalue weighted by Crippen LogP contribution is -2.19. The molecule has 1 amide bonds. The lowest BCUT2D eigenvalue weighted by molar-refractivity contribution is 0.0955. The van der Waals surface area contributed by atoms with E-state index in [1.54, 1.807) is 25.3 Å². The molecule has 0 bridgehead atoms. The van der Waals surface area contributed by atoms with E-state index in [9.17, 15) is 4.79 Å². The number of rotatable bonds is 6. The zero-order chi connectivity index (χ0) is 19.8. The van der Waals surface area contributed by atoms with Crippen molar-refractivity contribution in [1.29, 1.82) is 0 Å².